The van der Waals surface area contributed by atoms with Gasteiger partial charge in [-0.3, -0.25) is 4.98 Å². The molecule has 1 saturated heterocycles. The van der Waals surface area contributed by atoms with E-state index in [-0.39, 0.29) is 12.1 Å². The predicted octanol–water partition coefficient (Wildman–Crippen LogP) is 5.98. The van der Waals surface area contributed by atoms with E-state index in [1.807, 2.05) is 65.6 Å². The monoisotopic (exact) mass is 563 g/mol. The summed E-state index contributed by atoms with van der Waals surface area (Å²) in [6, 6.07) is 21.5. The molecule has 5 rings (SSSR count). The summed E-state index contributed by atoms with van der Waals surface area (Å²) in [5, 5.41) is 4.38. The number of hydrogen-bond donors (Lipinski definition) is 1. The maximum atomic E-state index is 11.8. The molecule has 39 heavy (non-hydrogen) atoms. The first-order valence-corrected chi connectivity index (χ1v) is 13.0. The molecule has 10 heteroatoms. The molecule has 0 aliphatic carbocycles. The minimum atomic E-state index is -0.394. The minimum absolute atomic E-state index is 0.282. The summed E-state index contributed by atoms with van der Waals surface area (Å²) in [6.07, 6.45) is 1.75. The van der Waals surface area contributed by atoms with Crippen molar-refractivity contribution >= 4 is 40.6 Å². The van der Waals surface area contributed by atoms with Crippen LogP contribution in [0.15, 0.2) is 83.4 Å². The largest absolute Gasteiger partial charge is 0.490 e. The number of pyridine rings is 1. The van der Waals surface area contributed by atoms with Gasteiger partial charge in [-0.1, -0.05) is 29.8 Å². The number of esters is 1. The molecule has 0 saturated carbocycles. The van der Waals surface area contributed by atoms with Crippen LogP contribution in [0.1, 0.15) is 33.9 Å². The van der Waals surface area contributed by atoms with Gasteiger partial charge in [0.15, 0.2) is 5.11 Å². The standard InChI is InChI=1S/C29H26ClN3O5S/c1-35-15-16-37-24-11-10-20(17-21(24)30)33-27(26(32-29(33)39)22-5-3-4-14-31-22)25-13-12-23(38-25)18-6-8-19(9-7-18)28(34)36-2/h3-14,17,26-27H,15-16H2,1-2H3,(H,32,39)/t26-,27+/m0/s1. The predicted molar refractivity (Wildman–Crippen MR) is 152 cm³/mol. The van der Waals surface area contributed by atoms with E-state index in [2.05, 4.69) is 10.3 Å². The number of furan rings is 1. The van der Waals surface area contributed by atoms with Crippen LogP contribution < -0.4 is 15.0 Å². The lowest BCUT2D eigenvalue weighted by atomic mass is 10.0. The number of benzene rings is 2. The molecule has 200 valence electrons. The van der Waals surface area contributed by atoms with Crippen LogP contribution in [0, 0.1) is 0 Å². The van der Waals surface area contributed by atoms with E-state index in [0.717, 1.165) is 16.9 Å². The Morgan fingerprint density at radius 1 is 1.08 bits per heavy atom. The molecular formula is C29H26ClN3O5S. The maximum Gasteiger partial charge on any atom is 0.337 e. The molecule has 1 fully saturated rings. The summed E-state index contributed by atoms with van der Waals surface area (Å²) in [5.41, 5.74) is 2.88. The molecule has 0 amide bonds. The molecule has 0 unspecified atom stereocenters. The van der Waals surface area contributed by atoms with Gasteiger partial charge < -0.3 is 28.8 Å². The molecule has 1 N–H and O–H groups in total. The van der Waals surface area contributed by atoms with Crippen molar-refractivity contribution in [1.29, 1.82) is 0 Å². The minimum Gasteiger partial charge on any atom is -0.490 e. The van der Waals surface area contributed by atoms with Crippen molar-refractivity contribution in [3.8, 4) is 17.1 Å². The number of rotatable bonds is 9. The van der Waals surface area contributed by atoms with Crippen LogP contribution in [-0.2, 0) is 9.47 Å². The number of carbonyl (C=O) groups is 1. The Labute approximate surface area is 236 Å². The third-order valence-electron chi connectivity index (χ3n) is 6.35. The first-order valence-electron chi connectivity index (χ1n) is 12.2. The number of ether oxygens (including phenoxy) is 3. The fraction of sp³-hybridized carbons (Fsp3) is 0.207. The molecule has 0 spiro atoms. The SMILES string of the molecule is COCCOc1ccc(N2C(=S)N[C@@H](c3ccccn3)[C@H]2c2ccc(-c3ccc(C(=O)OC)cc3)o2)cc1Cl. The maximum absolute atomic E-state index is 11.8. The second-order valence-electron chi connectivity index (χ2n) is 8.72. The average molecular weight is 564 g/mol. The van der Waals surface area contributed by atoms with Gasteiger partial charge >= 0.3 is 5.97 Å². The van der Waals surface area contributed by atoms with Crippen molar-refractivity contribution in [2.75, 3.05) is 32.3 Å². The molecule has 2 atom stereocenters. The second kappa shape index (κ2) is 11.9. The molecule has 0 bridgehead atoms. The molecule has 2 aromatic heterocycles. The highest BCUT2D eigenvalue weighted by atomic mass is 35.5. The number of methoxy groups -OCH3 is 2. The van der Waals surface area contributed by atoms with Gasteiger partial charge in [0.2, 0.25) is 0 Å². The summed E-state index contributed by atoms with van der Waals surface area (Å²) in [6.45, 7) is 0.845. The average Bonchev–Trinajstić information content (AvgIpc) is 3.59. The van der Waals surface area contributed by atoms with Crippen molar-refractivity contribution < 1.29 is 23.4 Å². The summed E-state index contributed by atoms with van der Waals surface area (Å²) in [7, 11) is 2.97. The highest BCUT2D eigenvalue weighted by molar-refractivity contribution is 7.80. The Balaban J connectivity index is 1.50. The number of hydrogen-bond acceptors (Lipinski definition) is 7. The first-order chi connectivity index (χ1) is 19.0. The smallest absolute Gasteiger partial charge is 0.337 e. The van der Waals surface area contributed by atoms with E-state index in [0.29, 0.717) is 46.2 Å². The fourth-order valence-corrected chi connectivity index (χ4v) is 5.04. The van der Waals surface area contributed by atoms with Gasteiger partial charge in [0, 0.05) is 24.6 Å². The van der Waals surface area contributed by atoms with E-state index in [1.165, 1.54) is 7.11 Å². The third-order valence-corrected chi connectivity index (χ3v) is 6.96. The van der Waals surface area contributed by atoms with Crippen LogP contribution in [0.3, 0.4) is 0 Å². The molecule has 1 aliphatic heterocycles. The Hall–Kier alpha value is -3.92. The zero-order valence-electron chi connectivity index (χ0n) is 21.3. The van der Waals surface area contributed by atoms with Gasteiger partial charge in [-0.15, -0.1) is 0 Å². The summed E-state index contributed by atoms with van der Waals surface area (Å²) in [5.74, 6) is 1.50. The number of carbonyl (C=O) groups excluding carboxylic acids is 1. The van der Waals surface area contributed by atoms with Crippen LogP contribution in [0.2, 0.25) is 5.02 Å². The number of aromatic nitrogens is 1. The summed E-state index contributed by atoms with van der Waals surface area (Å²) < 4.78 is 22.0. The normalized spacial score (nSPS) is 16.7. The van der Waals surface area contributed by atoms with E-state index in [4.69, 9.17) is 42.4 Å². The molecule has 0 radical (unpaired) electrons. The Kier molecular flexibility index (Phi) is 8.11. The lowest BCUT2D eigenvalue weighted by Crippen LogP contribution is -2.29. The van der Waals surface area contributed by atoms with Crippen molar-refractivity contribution in [3.05, 3.63) is 101 Å². The number of halogens is 1. The quantitative estimate of drug-likeness (QED) is 0.150. The lowest BCUT2D eigenvalue weighted by Gasteiger charge is -2.26. The van der Waals surface area contributed by atoms with Gasteiger partial charge in [0.1, 0.15) is 29.9 Å². The zero-order chi connectivity index (χ0) is 27.4. The first kappa shape index (κ1) is 26.7. The van der Waals surface area contributed by atoms with Crippen molar-refractivity contribution in [2.45, 2.75) is 12.1 Å². The Morgan fingerprint density at radius 2 is 1.90 bits per heavy atom. The van der Waals surface area contributed by atoms with Crippen LogP contribution in [0.25, 0.3) is 11.3 Å². The molecule has 3 heterocycles. The van der Waals surface area contributed by atoms with Crippen molar-refractivity contribution in [2.24, 2.45) is 0 Å². The highest BCUT2D eigenvalue weighted by Crippen LogP contribution is 2.44. The van der Waals surface area contributed by atoms with Crippen molar-refractivity contribution in [1.82, 2.24) is 10.3 Å². The van der Waals surface area contributed by atoms with Gasteiger partial charge in [0.25, 0.3) is 0 Å². The van der Waals surface area contributed by atoms with Crippen molar-refractivity contribution in [3.63, 3.8) is 0 Å². The van der Waals surface area contributed by atoms with Crippen LogP contribution in [0.4, 0.5) is 5.69 Å². The Morgan fingerprint density at radius 3 is 2.59 bits per heavy atom. The van der Waals surface area contributed by atoms with E-state index < -0.39 is 5.97 Å². The van der Waals surface area contributed by atoms with Gasteiger partial charge in [-0.05, 0) is 66.8 Å². The highest BCUT2D eigenvalue weighted by Gasteiger charge is 2.42. The number of nitrogens with one attached hydrogen (secondary N) is 1. The second-order valence-corrected chi connectivity index (χ2v) is 9.52. The third kappa shape index (κ3) is 5.61. The van der Waals surface area contributed by atoms with Crippen LogP contribution in [-0.4, -0.2) is 43.5 Å². The van der Waals surface area contributed by atoms with E-state index in [9.17, 15) is 4.79 Å². The number of nitrogens with zero attached hydrogens (tertiary/aromatic N) is 2. The van der Waals surface area contributed by atoms with Crippen LogP contribution >= 0.6 is 23.8 Å². The number of anilines is 1. The molecule has 8 nitrogen and oxygen atoms in total. The van der Waals surface area contributed by atoms with Gasteiger partial charge in [-0.2, -0.15) is 0 Å². The zero-order valence-corrected chi connectivity index (χ0v) is 22.9. The summed E-state index contributed by atoms with van der Waals surface area (Å²) >= 11 is 12.4. The lowest BCUT2D eigenvalue weighted by molar-refractivity contribution is 0.0600. The van der Waals surface area contributed by atoms with E-state index >= 15 is 0 Å². The molecule has 2 aromatic carbocycles. The molecular weight excluding hydrogens is 538 g/mol. The van der Waals surface area contributed by atoms with Gasteiger partial charge in [-0.25, -0.2) is 4.79 Å². The molecule has 4 aromatic rings. The van der Waals surface area contributed by atoms with E-state index in [1.54, 1.807) is 25.4 Å². The fourth-order valence-electron chi connectivity index (χ4n) is 4.47. The summed E-state index contributed by atoms with van der Waals surface area (Å²) in [4.78, 5) is 18.4. The van der Waals surface area contributed by atoms with Crippen LogP contribution in [0.5, 0.6) is 5.75 Å². The molecule has 1 aliphatic rings. The topological polar surface area (TPSA) is 86.1 Å². The Bertz CT molecular complexity index is 1460. The number of thiocarbonyl (C=S) groups is 1. The van der Waals surface area contributed by atoms with Gasteiger partial charge in [0.05, 0.1) is 36.0 Å².